The molecule has 2 aliphatic rings. The summed E-state index contributed by atoms with van der Waals surface area (Å²) in [5.41, 5.74) is 2.46. The Labute approximate surface area is 142 Å². The van der Waals surface area contributed by atoms with Gasteiger partial charge in [0.05, 0.1) is 0 Å². The maximum atomic E-state index is 12.3. The Bertz CT molecular complexity index is 677. The third kappa shape index (κ3) is 3.85. The molecule has 1 unspecified atom stereocenters. The fourth-order valence-electron chi connectivity index (χ4n) is 2.79. The topological polar surface area (TPSA) is 66.3 Å². The molecule has 124 valence electrons. The van der Waals surface area contributed by atoms with E-state index in [4.69, 9.17) is 4.74 Å². The molecule has 0 aliphatic carbocycles. The van der Waals surface area contributed by atoms with Crippen molar-refractivity contribution in [1.82, 2.24) is 4.90 Å². The Morgan fingerprint density at radius 2 is 2.26 bits per heavy atom. The number of ether oxygens (including phenoxy) is 1. The second-order valence-electron chi connectivity index (χ2n) is 6.79. The van der Waals surface area contributed by atoms with Gasteiger partial charge in [0.2, 0.25) is 0 Å². The Hall–Kier alpha value is -1.59. The van der Waals surface area contributed by atoms with E-state index in [2.05, 4.69) is 13.2 Å². The molecule has 23 heavy (non-hydrogen) atoms. The van der Waals surface area contributed by atoms with Crippen LogP contribution in [0.3, 0.4) is 0 Å². The van der Waals surface area contributed by atoms with E-state index in [1.54, 1.807) is 0 Å². The van der Waals surface area contributed by atoms with E-state index in [1.165, 1.54) is 0 Å². The van der Waals surface area contributed by atoms with Gasteiger partial charge in [0.15, 0.2) is 0 Å². The molecular formula is C16H22N4O2Se. The number of hydrogen-bond acceptors (Lipinski definition) is 5. The summed E-state index contributed by atoms with van der Waals surface area (Å²) in [6.45, 7) is 7.16. The molecule has 1 amide bonds. The normalized spacial score (nSPS) is 19.4. The number of fused-ring (bicyclic) bond motifs is 1. The van der Waals surface area contributed by atoms with Gasteiger partial charge in [0, 0.05) is 0 Å². The van der Waals surface area contributed by atoms with Crippen molar-refractivity contribution in [2.45, 2.75) is 45.3 Å². The minimum absolute atomic E-state index is 0.0317. The van der Waals surface area contributed by atoms with Crippen molar-refractivity contribution in [2.24, 2.45) is 7.92 Å². The molecule has 7 heteroatoms. The second kappa shape index (κ2) is 6.49. The number of rotatable bonds is 3. The Balaban J connectivity index is 1.63. The number of nitrogens with one attached hydrogen (secondary N) is 1. The number of amides is 1. The van der Waals surface area contributed by atoms with Crippen molar-refractivity contribution in [3.63, 3.8) is 0 Å². The number of benzene rings is 1. The quantitative estimate of drug-likeness (QED) is 0.822. The fraction of sp³-hybridized carbons (Fsp3) is 0.562. The van der Waals surface area contributed by atoms with E-state index in [0.29, 0.717) is 6.54 Å². The van der Waals surface area contributed by atoms with Crippen LogP contribution in [0.15, 0.2) is 26.1 Å². The fourth-order valence-corrected chi connectivity index (χ4v) is 3.94. The molecule has 3 rings (SSSR count). The van der Waals surface area contributed by atoms with Crippen LogP contribution >= 0.6 is 0 Å². The van der Waals surface area contributed by atoms with E-state index in [0.717, 1.165) is 36.4 Å². The summed E-state index contributed by atoms with van der Waals surface area (Å²) in [5.74, 6) is 0. The second-order valence-corrected chi connectivity index (χ2v) is 7.90. The van der Waals surface area contributed by atoms with E-state index >= 15 is 0 Å². The van der Waals surface area contributed by atoms with Gasteiger partial charge in [-0.1, -0.05) is 0 Å². The number of carbonyl (C=O) groups is 1. The van der Waals surface area contributed by atoms with Crippen LogP contribution in [0.5, 0.6) is 0 Å². The maximum absolute atomic E-state index is 12.3. The molecule has 1 saturated heterocycles. The van der Waals surface area contributed by atoms with Gasteiger partial charge in [-0.2, -0.15) is 0 Å². The molecule has 1 atom stereocenters. The van der Waals surface area contributed by atoms with Gasteiger partial charge in [-0.05, 0) is 0 Å². The van der Waals surface area contributed by atoms with Crippen LogP contribution in [0.2, 0.25) is 0 Å². The van der Waals surface area contributed by atoms with Gasteiger partial charge in [0.1, 0.15) is 0 Å². The SMILES string of the molecule is CC(C)(C)OC(=O)N1CCCC1CNc1cccc2c1N=[Se]=N2. The van der Waals surface area contributed by atoms with Crippen LogP contribution < -0.4 is 5.32 Å². The van der Waals surface area contributed by atoms with Crippen LogP contribution in [-0.2, 0) is 4.74 Å². The third-order valence-corrected chi connectivity index (χ3v) is 4.96. The molecule has 0 radical (unpaired) electrons. The molecule has 1 aromatic rings. The first-order chi connectivity index (χ1) is 10.9. The van der Waals surface area contributed by atoms with Crippen molar-refractivity contribution in [1.29, 1.82) is 0 Å². The molecule has 6 nitrogen and oxygen atoms in total. The zero-order valence-corrected chi connectivity index (χ0v) is 15.4. The number of hydrogen-bond donors (Lipinski definition) is 1. The predicted octanol–water partition coefficient (Wildman–Crippen LogP) is 3.85. The van der Waals surface area contributed by atoms with E-state index in [9.17, 15) is 4.79 Å². The van der Waals surface area contributed by atoms with Gasteiger partial charge in [-0.25, -0.2) is 0 Å². The van der Waals surface area contributed by atoms with E-state index < -0.39 is 5.60 Å². The first-order valence-electron chi connectivity index (χ1n) is 7.89. The monoisotopic (exact) mass is 382 g/mol. The van der Waals surface area contributed by atoms with Crippen LogP contribution in [0.1, 0.15) is 33.6 Å². The molecule has 2 aliphatic heterocycles. The van der Waals surface area contributed by atoms with Crippen LogP contribution in [0, 0.1) is 0 Å². The number of anilines is 1. The predicted molar refractivity (Wildman–Crippen MR) is 90.8 cm³/mol. The molecule has 2 heterocycles. The van der Waals surface area contributed by atoms with Crippen molar-refractivity contribution in [3.8, 4) is 0 Å². The van der Waals surface area contributed by atoms with Crippen molar-refractivity contribution < 1.29 is 9.53 Å². The third-order valence-electron chi connectivity index (χ3n) is 3.82. The van der Waals surface area contributed by atoms with Gasteiger partial charge < -0.3 is 0 Å². The molecule has 1 aromatic carbocycles. The molecule has 0 bridgehead atoms. The Kier molecular flexibility index (Phi) is 4.59. The van der Waals surface area contributed by atoms with Crippen molar-refractivity contribution >= 4 is 37.7 Å². The summed E-state index contributed by atoms with van der Waals surface area (Å²) in [7, 11) is 0. The van der Waals surface area contributed by atoms with Gasteiger partial charge in [0.25, 0.3) is 0 Å². The summed E-state index contributed by atoms with van der Waals surface area (Å²) in [6.07, 6.45) is 1.79. The first-order valence-corrected chi connectivity index (χ1v) is 9.42. The zero-order chi connectivity index (χ0) is 16.4. The molecule has 0 saturated carbocycles. The van der Waals surface area contributed by atoms with Crippen LogP contribution in [-0.4, -0.2) is 50.3 Å². The van der Waals surface area contributed by atoms with E-state index in [-0.39, 0.29) is 26.7 Å². The summed E-state index contributed by atoms with van der Waals surface area (Å²) < 4.78 is 14.4. The summed E-state index contributed by atoms with van der Waals surface area (Å²) >= 11 is -0.0317. The number of nitrogens with zero attached hydrogens (tertiary/aromatic N) is 3. The zero-order valence-electron chi connectivity index (χ0n) is 13.7. The van der Waals surface area contributed by atoms with Crippen molar-refractivity contribution in [2.75, 3.05) is 18.4 Å². The number of likely N-dealkylation sites (tertiary alicyclic amines) is 1. The average Bonchev–Trinajstić information content (AvgIpc) is 3.12. The van der Waals surface area contributed by atoms with Gasteiger partial charge in [-0.3, -0.25) is 0 Å². The molecule has 0 aromatic heterocycles. The van der Waals surface area contributed by atoms with Gasteiger partial charge >= 0.3 is 142 Å². The molecular weight excluding hydrogens is 359 g/mol. The standard InChI is InChI=1S/C16H22N4O2Se/c1-16(2,3)22-15(21)20-9-5-6-11(20)10-17-12-7-4-8-13-14(12)19-23-18-13/h4,7-8,11,17H,5-6,9-10H2,1-3H3. The molecule has 0 spiro atoms. The first kappa shape index (κ1) is 16.3. The minimum atomic E-state index is -0.458. The molecule has 1 fully saturated rings. The summed E-state index contributed by atoms with van der Waals surface area (Å²) in [4.78, 5) is 14.2. The molecule has 1 N–H and O–H groups in total. The van der Waals surface area contributed by atoms with Crippen molar-refractivity contribution in [3.05, 3.63) is 18.2 Å². The van der Waals surface area contributed by atoms with Crippen LogP contribution in [0.4, 0.5) is 21.9 Å². The summed E-state index contributed by atoms with van der Waals surface area (Å²) in [5, 5.41) is 3.44. The van der Waals surface area contributed by atoms with E-state index in [1.807, 2.05) is 43.9 Å². The Morgan fingerprint density at radius 1 is 1.43 bits per heavy atom. The summed E-state index contributed by atoms with van der Waals surface area (Å²) in [6, 6.07) is 6.15. The van der Waals surface area contributed by atoms with Gasteiger partial charge in [-0.15, -0.1) is 0 Å². The Morgan fingerprint density at radius 3 is 3.04 bits per heavy atom. The van der Waals surface area contributed by atoms with Crippen LogP contribution in [0.25, 0.3) is 0 Å². The average molecular weight is 381 g/mol. The number of carbonyl (C=O) groups excluding carboxylic acids is 1.